The molecule has 0 aliphatic heterocycles. The molecule has 1 nitrogen and oxygen atoms in total. The van der Waals surface area contributed by atoms with Gasteiger partial charge >= 0.3 is 47.6 Å². The van der Waals surface area contributed by atoms with E-state index in [1.807, 2.05) is 0 Å². The fraction of sp³-hybridized carbons (Fsp3) is 0.700. The molecule has 0 bridgehead atoms. The number of rotatable bonds is 11. The summed E-state index contributed by atoms with van der Waals surface area (Å²) in [7, 11) is 0.552. The van der Waals surface area contributed by atoms with Crippen molar-refractivity contribution < 1.29 is 79.4 Å². The average Bonchev–Trinajstić information content (AvgIpc) is 2.75. The van der Waals surface area contributed by atoms with Gasteiger partial charge in [0.2, 0.25) is 0 Å². The minimum absolute atomic E-state index is 0.165. The second-order valence-electron chi connectivity index (χ2n) is 8.40. The number of methoxy groups -OCH3 is 1. The molecule has 1 unspecified atom stereocenters. The van der Waals surface area contributed by atoms with Crippen LogP contribution in [0.5, 0.6) is 0 Å². The van der Waals surface area contributed by atoms with E-state index in [0.29, 0.717) is 12.7 Å². The van der Waals surface area contributed by atoms with Crippen molar-refractivity contribution in [3.8, 4) is 0 Å². The quantitative estimate of drug-likeness (QED) is 0.232. The second kappa shape index (κ2) is 9.87. The van der Waals surface area contributed by atoms with E-state index in [4.69, 9.17) is 0 Å². The summed E-state index contributed by atoms with van der Waals surface area (Å²) < 4.78 is 232. The van der Waals surface area contributed by atoms with Gasteiger partial charge in [0.1, 0.15) is 0 Å². The molecule has 1 aromatic rings. The maximum absolute atomic E-state index is 14.3. The van der Waals surface area contributed by atoms with Gasteiger partial charge in [0.05, 0.1) is 6.10 Å². The lowest BCUT2D eigenvalue weighted by Crippen LogP contribution is -2.74. The molecule has 0 aliphatic carbocycles. The molecule has 0 aliphatic rings. The van der Waals surface area contributed by atoms with Gasteiger partial charge in [-0.3, -0.25) is 0 Å². The van der Waals surface area contributed by atoms with E-state index < -0.39 is 65.7 Å². The van der Waals surface area contributed by atoms with Crippen LogP contribution in [-0.4, -0.2) is 54.7 Å². The Hall–Kier alpha value is -2.01. The Labute approximate surface area is 202 Å². The van der Waals surface area contributed by atoms with Crippen LogP contribution in [0.25, 0.3) is 0 Å². The van der Waals surface area contributed by atoms with Crippen molar-refractivity contribution in [2.75, 3.05) is 7.11 Å². The number of ether oxygens (including phenoxy) is 1. The normalized spacial score (nSPS) is 16.2. The minimum atomic E-state index is -8.64. The van der Waals surface area contributed by atoms with Gasteiger partial charge < -0.3 is 4.74 Å². The highest BCUT2D eigenvalue weighted by molar-refractivity contribution is 5.27. The predicted octanol–water partition coefficient (Wildman–Crippen LogP) is 8.90. The largest absolute Gasteiger partial charge is 0.460 e. The van der Waals surface area contributed by atoms with Crippen LogP contribution in [0.2, 0.25) is 0 Å². The zero-order chi connectivity index (χ0) is 30.6. The van der Waals surface area contributed by atoms with Crippen LogP contribution in [0, 0.1) is 0 Å². The van der Waals surface area contributed by atoms with Crippen molar-refractivity contribution >= 4 is 0 Å². The van der Waals surface area contributed by atoms with Crippen molar-refractivity contribution in [2.45, 2.75) is 79.9 Å². The lowest BCUT2D eigenvalue weighted by Gasteiger charge is -2.43. The lowest BCUT2D eigenvalue weighted by molar-refractivity contribution is -0.462. The molecule has 0 saturated carbocycles. The molecule has 0 aromatic heterocycles. The van der Waals surface area contributed by atoms with Gasteiger partial charge in [-0.1, -0.05) is 38.1 Å². The summed E-state index contributed by atoms with van der Waals surface area (Å²) in [6, 6.07) is 4.37. The maximum Gasteiger partial charge on any atom is 0.460 e. The van der Waals surface area contributed by atoms with E-state index in [1.54, 1.807) is 13.8 Å². The summed E-state index contributed by atoms with van der Waals surface area (Å²) in [5, 5.41) is 0. The summed E-state index contributed by atoms with van der Waals surface area (Å²) in [4.78, 5) is 0. The molecule has 18 heteroatoms. The average molecular weight is 596 g/mol. The number of hydrogen-bond donors (Lipinski definition) is 0. The Balaban J connectivity index is 3.54. The monoisotopic (exact) mass is 596 g/mol. The zero-order valence-corrected chi connectivity index (χ0v) is 19.0. The Morgan fingerprint density at radius 3 is 1.16 bits per heavy atom. The molecular formula is C20H17F17O. The first-order valence-electron chi connectivity index (χ1n) is 9.92. The molecule has 0 saturated heterocycles. The molecule has 1 rings (SSSR count). The van der Waals surface area contributed by atoms with Gasteiger partial charge in [0.15, 0.2) is 0 Å². The zero-order valence-electron chi connectivity index (χ0n) is 19.0. The Morgan fingerprint density at radius 2 is 0.842 bits per heavy atom. The van der Waals surface area contributed by atoms with Gasteiger partial charge in [-0.15, -0.1) is 0 Å². The third-order valence-corrected chi connectivity index (χ3v) is 5.49. The van der Waals surface area contributed by atoms with Crippen molar-refractivity contribution in [3.63, 3.8) is 0 Å². The highest BCUT2D eigenvalue weighted by Gasteiger charge is 2.95. The summed E-state index contributed by atoms with van der Waals surface area (Å²) in [5.74, 6) is -56.7. The van der Waals surface area contributed by atoms with Crippen LogP contribution in [0.15, 0.2) is 24.3 Å². The van der Waals surface area contributed by atoms with Gasteiger partial charge in [0, 0.05) is 13.5 Å². The Morgan fingerprint density at radius 1 is 0.526 bits per heavy atom. The molecule has 38 heavy (non-hydrogen) atoms. The number of alkyl halides is 17. The van der Waals surface area contributed by atoms with Crippen LogP contribution < -0.4 is 0 Å². The fourth-order valence-electron chi connectivity index (χ4n) is 2.99. The van der Waals surface area contributed by atoms with Crippen molar-refractivity contribution in [2.24, 2.45) is 0 Å². The summed E-state index contributed by atoms with van der Waals surface area (Å²) >= 11 is 0. The van der Waals surface area contributed by atoms with Crippen molar-refractivity contribution in [3.05, 3.63) is 35.4 Å². The smallest absolute Gasteiger partial charge is 0.377 e. The summed E-state index contributed by atoms with van der Waals surface area (Å²) in [6.45, 7) is 3.31. The van der Waals surface area contributed by atoms with E-state index in [1.165, 1.54) is 12.1 Å². The van der Waals surface area contributed by atoms with Crippen LogP contribution in [-0.2, 0) is 4.74 Å². The van der Waals surface area contributed by atoms with E-state index in [9.17, 15) is 74.6 Å². The molecule has 1 atom stereocenters. The van der Waals surface area contributed by atoms with Crippen LogP contribution in [0.4, 0.5) is 74.6 Å². The van der Waals surface area contributed by atoms with E-state index in [2.05, 4.69) is 4.74 Å². The van der Waals surface area contributed by atoms with Gasteiger partial charge in [0.25, 0.3) is 0 Å². The third-order valence-electron chi connectivity index (χ3n) is 5.49. The van der Waals surface area contributed by atoms with E-state index >= 15 is 0 Å². The molecule has 0 radical (unpaired) electrons. The lowest BCUT2D eigenvalue weighted by atomic mass is 9.87. The standard InChI is InChI=1S/C20H17F17O/c1-9(2)10-4-6-11(7-5-10)12(38-3)8-13(21,22)14(23,24)15(25,26)16(27,28)17(29,30)18(31,32)19(33,34)20(35,36)37/h4-7,9,12H,8H2,1-3H3. The van der Waals surface area contributed by atoms with Gasteiger partial charge in [-0.05, 0) is 17.0 Å². The first-order chi connectivity index (χ1) is 16.6. The van der Waals surface area contributed by atoms with E-state index in [0.717, 1.165) is 12.1 Å². The number of halogens is 17. The van der Waals surface area contributed by atoms with Crippen LogP contribution in [0.3, 0.4) is 0 Å². The molecule has 222 valence electrons. The SMILES string of the molecule is COC(CC(F)(F)C(F)(F)C(F)(F)C(F)(F)C(F)(F)C(F)(F)C(F)(F)C(F)(F)F)c1ccc(C(C)C)cc1. The first kappa shape index (κ1) is 34.0. The molecule has 0 fully saturated rings. The van der Waals surface area contributed by atoms with Crippen LogP contribution in [0.1, 0.15) is 43.4 Å². The molecule has 1 aromatic carbocycles. The highest BCUT2D eigenvalue weighted by atomic mass is 19.4. The van der Waals surface area contributed by atoms with Crippen molar-refractivity contribution in [1.82, 2.24) is 0 Å². The molecule has 0 amide bonds. The Kier molecular flexibility index (Phi) is 8.84. The summed E-state index contributed by atoms with van der Waals surface area (Å²) in [5.41, 5.74) is 0.0785. The maximum atomic E-state index is 14.3. The topological polar surface area (TPSA) is 9.23 Å². The fourth-order valence-corrected chi connectivity index (χ4v) is 2.99. The summed E-state index contributed by atoms with van der Waals surface area (Å²) in [6.07, 6.45) is -12.8. The minimum Gasteiger partial charge on any atom is -0.377 e. The van der Waals surface area contributed by atoms with Crippen molar-refractivity contribution in [1.29, 1.82) is 0 Å². The predicted molar refractivity (Wildman–Crippen MR) is 95.6 cm³/mol. The van der Waals surface area contributed by atoms with Gasteiger partial charge in [-0.2, -0.15) is 74.6 Å². The third kappa shape index (κ3) is 5.00. The van der Waals surface area contributed by atoms with Crippen LogP contribution >= 0.6 is 0 Å². The molecule has 0 heterocycles. The molecule has 0 N–H and O–H groups in total. The van der Waals surface area contributed by atoms with Gasteiger partial charge in [-0.25, -0.2) is 0 Å². The Bertz CT molecular complexity index is 947. The second-order valence-corrected chi connectivity index (χ2v) is 8.40. The highest BCUT2D eigenvalue weighted by Crippen LogP contribution is 2.64. The van der Waals surface area contributed by atoms with E-state index in [-0.39, 0.29) is 5.92 Å². The molecule has 0 spiro atoms. The number of hydrogen-bond acceptors (Lipinski definition) is 1. The molecular weight excluding hydrogens is 579 g/mol. The first-order valence-corrected chi connectivity index (χ1v) is 9.92. The number of benzene rings is 1.